The molecule has 0 spiro atoms. The number of carbonyl (C=O) groups excluding carboxylic acids is 1. The molecule has 1 aromatic rings. The van der Waals surface area contributed by atoms with E-state index in [0.29, 0.717) is 13.1 Å². The molecule has 21 heavy (non-hydrogen) atoms. The summed E-state index contributed by atoms with van der Waals surface area (Å²) >= 11 is 0. The Balaban J connectivity index is 1.81. The van der Waals surface area contributed by atoms with Crippen molar-refractivity contribution in [3.8, 4) is 0 Å². The van der Waals surface area contributed by atoms with Crippen molar-refractivity contribution in [2.75, 3.05) is 26.2 Å². The van der Waals surface area contributed by atoms with E-state index in [-0.39, 0.29) is 18.6 Å². The van der Waals surface area contributed by atoms with Crippen LogP contribution in [0.1, 0.15) is 29.8 Å². The fourth-order valence-corrected chi connectivity index (χ4v) is 2.98. The van der Waals surface area contributed by atoms with Gasteiger partial charge in [0, 0.05) is 39.0 Å². The number of aliphatic hydroxyl groups is 1. The molecule has 2 amide bonds. The highest BCUT2D eigenvalue weighted by Crippen LogP contribution is 2.16. The van der Waals surface area contributed by atoms with Crippen molar-refractivity contribution < 1.29 is 9.90 Å². The molecule has 118 valence electrons. The highest BCUT2D eigenvalue weighted by molar-refractivity contribution is 5.74. The zero-order valence-electron chi connectivity index (χ0n) is 13.2. The number of amides is 2. The van der Waals surface area contributed by atoms with E-state index >= 15 is 0 Å². The first-order valence-electron chi connectivity index (χ1n) is 7.65. The Kier molecular flexibility index (Phi) is 5.22. The van der Waals surface area contributed by atoms with Crippen molar-refractivity contribution in [3.63, 3.8) is 0 Å². The Hall–Kier alpha value is -1.56. The van der Waals surface area contributed by atoms with E-state index < -0.39 is 0 Å². The number of aromatic nitrogens is 2. The van der Waals surface area contributed by atoms with Gasteiger partial charge in [-0.3, -0.25) is 4.68 Å². The molecule has 0 aliphatic carbocycles. The lowest BCUT2D eigenvalue weighted by atomic mass is 9.99. The summed E-state index contributed by atoms with van der Waals surface area (Å²) in [6.07, 6.45) is 2.78. The molecule has 1 aromatic heterocycles. The Labute approximate surface area is 126 Å². The zero-order chi connectivity index (χ0) is 15.4. The molecule has 0 bridgehead atoms. The number of piperidine rings is 1. The van der Waals surface area contributed by atoms with Gasteiger partial charge in [-0.05, 0) is 44.6 Å². The van der Waals surface area contributed by atoms with E-state index in [1.165, 1.54) is 5.56 Å². The van der Waals surface area contributed by atoms with Crippen LogP contribution in [0.15, 0.2) is 0 Å². The smallest absolute Gasteiger partial charge is 0.317 e. The Morgan fingerprint density at radius 2 is 2.24 bits per heavy atom. The summed E-state index contributed by atoms with van der Waals surface area (Å²) in [5, 5.41) is 16.6. The Morgan fingerprint density at radius 1 is 1.48 bits per heavy atom. The lowest BCUT2D eigenvalue weighted by Crippen LogP contribution is -2.46. The minimum absolute atomic E-state index is 0.0210. The number of rotatable bonds is 4. The summed E-state index contributed by atoms with van der Waals surface area (Å²) < 4.78 is 1.88. The van der Waals surface area contributed by atoms with Gasteiger partial charge in [-0.1, -0.05) is 0 Å². The van der Waals surface area contributed by atoms with Crippen LogP contribution in [-0.4, -0.2) is 52.1 Å². The fraction of sp³-hybridized carbons (Fsp3) is 0.733. The lowest BCUT2D eigenvalue weighted by Gasteiger charge is -2.31. The topological polar surface area (TPSA) is 70.4 Å². The second-order valence-corrected chi connectivity index (χ2v) is 5.89. The summed E-state index contributed by atoms with van der Waals surface area (Å²) in [7, 11) is 1.94. The number of nitrogens with one attached hydrogen (secondary N) is 1. The SMILES string of the molecule is Cc1nn(C)c(C)c1CCNC(=O)N1CCCC(CO)C1. The van der Waals surface area contributed by atoms with Gasteiger partial charge in [0.15, 0.2) is 0 Å². The molecule has 6 heteroatoms. The second kappa shape index (κ2) is 6.93. The molecule has 1 aliphatic heterocycles. The first-order valence-corrected chi connectivity index (χ1v) is 7.65. The van der Waals surface area contributed by atoms with Crippen LogP contribution < -0.4 is 5.32 Å². The van der Waals surface area contributed by atoms with Crippen LogP contribution in [0.25, 0.3) is 0 Å². The van der Waals surface area contributed by atoms with Gasteiger partial charge in [0.1, 0.15) is 0 Å². The molecule has 0 aromatic carbocycles. The molecular formula is C15H26N4O2. The minimum Gasteiger partial charge on any atom is -0.396 e. The average molecular weight is 294 g/mol. The van der Waals surface area contributed by atoms with Gasteiger partial charge in [0.2, 0.25) is 0 Å². The molecule has 1 aliphatic rings. The summed E-state index contributed by atoms with van der Waals surface area (Å²) in [6, 6.07) is -0.0210. The largest absolute Gasteiger partial charge is 0.396 e. The van der Waals surface area contributed by atoms with Crippen LogP contribution in [0.4, 0.5) is 4.79 Å². The van der Waals surface area contributed by atoms with Crippen molar-refractivity contribution in [3.05, 3.63) is 17.0 Å². The Bertz CT molecular complexity index is 498. The van der Waals surface area contributed by atoms with Gasteiger partial charge in [-0.2, -0.15) is 5.10 Å². The van der Waals surface area contributed by atoms with Gasteiger partial charge in [0.25, 0.3) is 0 Å². The standard InChI is InChI=1S/C15H26N4O2/c1-11-14(12(2)18(3)17-11)6-7-16-15(21)19-8-4-5-13(9-19)10-20/h13,20H,4-10H2,1-3H3,(H,16,21). The fourth-order valence-electron chi connectivity index (χ4n) is 2.98. The third-order valence-corrected chi connectivity index (χ3v) is 4.37. The second-order valence-electron chi connectivity index (χ2n) is 5.89. The van der Waals surface area contributed by atoms with Crippen LogP contribution in [0, 0.1) is 19.8 Å². The van der Waals surface area contributed by atoms with Gasteiger partial charge >= 0.3 is 6.03 Å². The quantitative estimate of drug-likeness (QED) is 0.870. The molecule has 1 atom stereocenters. The van der Waals surface area contributed by atoms with E-state index in [2.05, 4.69) is 10.4 Å². The molecule has 0 saturated carbocycles. The first-order chi connectivity index (χ1) is 10.0. The number of urea groups is 1. The zero-order valence-corrected chi connectivity index (χ0v) is 13.2. The molecule has 2 N–H and O–H groups in total. The predicted octanol–water partition coefficient (Wildman–Crippen LogP) is 0.993. The third kappa shape index (κ3) is 3.75. The molecule has 6 nitrogen and oxygen atoms in total. The molecular weight excluding hydrogens is 268 g/mol. The number of aliphatic hydroxyl groups excluding tert-OH is 1. The molecule has 2 rings (SSSR count). The van der Waals surface area contributed by atoms with Crippen LogP contribution in [-0.2, 0) is 13.5 Å². The summed E-state index contributed by atoms with van der Waals surface area (Å²) in [4.78, 5) is 14.0. The van der Waals surface area contributed by atoms with Gasteiger partial charge < -0.3 is 15.3 Å². The van der Waals surface area contributed by atoms with Gasteiger partial charge in [0.05, 0.1) is 5.69 Å². The lowest BCUT2D eigenvalue weighted by molar-refractivity contribution is 0.129. The van der Waals surface area contributed by atoms with Crippen molar-refractivity contribution in [1.82, 2.24) is 20.0 Å². The van der Waals surface area contributed by atoms with Gasteiger partial charge in [-0.25, -0.2) is 4.79 Å². The van der Waals surface area contributed by atoms with Crippen molar-refractivity contribution in [2.24, 2.45) is 13.0 Å². The molecule has 0 radical (unpaired) electrons. The number of hydrogen-bond donors (Lipinski definition) is 2. The van der Waals surface area contributed by atoms with Crippen LogP contribution in [0.3, 0.4) is 0 Å². The van der Waals surface area contributed by atoms with Crippen molar-refractivity contribution in [2.45, 2.75) is 33.1 Å². The van der Waals surface area contributed by atoms with E-state index in [1.54, 1.807) is 0 Å². The average Bonchev–Trinajstić information content (AvgIpc) is 2.73. The van der Waals surface area contributed by atoms with E-state index in [1.807, 2.05) is 30.5 Å². The number of carbonyl (C=O) groups is 1. The van der Waals surface area contributed by atoms with Crippen LogP contribution in [0.5, 0.6) is 0 Å². The van der Waals surface area contributed by atoms with Crippen LogP contribution in [0.2, 0.25) is 0 Å². The monoisotopic (exact) mass is 294 g/mol. The summed E-state index contributed by atoms with van der Waals surface area (Å²) in [6.45, 7) is 6.28. The van der Waals surface area contributed by atoms with Crippen LogP contribution >= 0.6 is 0 Å². The maximum atomic E-state index is 12.1. The maximum Gasteiger partial charge on any atom is 0.317 e. The summed E-state index contributed by atoms with van der Waals surface area (Å²) in [5.74, 6) is 0.229. The third-order valence-electron chi connectivity index (χ3n) is 4.37. The molecule has 2 heterocycles. The van der Waals surface area contributed by atoms with E-state index in [4.69, 9.17) is 0 Å². The molecule has 1 fully saturated rings. The maximum absolute atomic E-state index is 12.1. The summed E-state index contributed by atoms with van der Waals surface area (Å²) in [5.41, 5.74) is 3.40. The van der Waals surface area contributed by atoms with Gasteiger partial charge in [-0.15, -0.1) is 0 Å². The number of likely N-dealkylation sites (tertiary alicyclic amines) is 1. The number of aryl methyl sites for hydroxylation is 2. The predicted molar refractivity (Wildman–Crippen MR) is 81.2 cm³/mol. The highest BCUT2D eigenvalue weighted by atomic mass is 16.3. The minimum atomic E-state index is -0.0210. The van der Waals surface area contributed by atoms with E-state index in [0.717, 1.165) is 37.2 Å². The Morgan fingerprint density at radius 3 is 2.86 bits per heavy atom. The molecule has 1 saturated heterocycles. The number of hydrogen-bond acceptors (Lipinski definition) is 3. The van der Waals surface area contributed by atoms with Crippen molar-refractivity contribution >= 4 is 6.03 Å². The van der Waals surface area contributed by atoms with E-state index in [9.17, 15) is 9.90 Å². The highest BCUT2D eigenvalue weighted by Gasteiger charge is 2.22. The first kappa shape index (κ1) is 15.8. The number of nitrogens with zero attached hydrogens (tertiary/aromatic N) is 3. The normalized spacial score (nSPS) is 18.9. The van der Waals surface area contributed by atoms with Crippen molar-refractivity contribution in [1.29, 1.82) is 0 Å². The molecule has 1 unspecified atom stereocenters.